The first-order chi connectivity index (χ1) is 10.3. The number of hydrogen-bond acceptors (Lipinski definition) is 2. The summed E-state index contributed by atoms with van der Waals surface area (Å²) in [6, 6.07) is 18.8. The fourth-order valence-corrected chi connectivity index (χ4v) is 2.21. The number of rotatable bonds is 4. The van der Waals surface area contributed by atoms with Gasteiger partial charge in [-0.3, -0.25) is 9.89 Å². The van der Waals surface area contributed by atoms with Gasteiger partial charge in [0.15, 0.2) is 0 Å². The van der Waals surface area contributed by atoms with Crippen LogP contribution in [0.3, 0.4) is 0 Å². The zero-order valence-corrected chi connectivity index (χ0v) is 11.7. The van der Waals surface area contributed by atoms with Crippen molar-refractivity contribution in [3.8, 4) is 22.7 Å². The van der Waals surface area contributed by atoms with Crippen LogP contribution < -0.4 is 10.3 Å². The lowest BCUT2D eigenvalue weighted by molar-refractivity contribution is 0.340. The van der Waals surface area contributed by atoms with E-state index >= 15 is 0 Å². The molecule has 0 radical (unpaired) electrons. The summed E-state index contributed by atoms with van der Waals surface area (Å²) in [7, 11) is 0. The number of aromatic amines is 1. The normalized spacial score (nSPS) is 10.5. The molecule has 1 heterocycles. The second kappa shape index (κ2) is 5.71. The third kappa shape index (κ3) is 2.74. The lowest BCUT2D eigenvalue weighted by Gasteiger charge is -2.05. The van der Waals surface area contributed by atoms with Crippen molar-refractivity contribution in [2.24, 2.45) is 0 Å². The predicted octanol–water partition coefficient (Wildman–Crippen LogP) is 3.23. The van der Waals surface area contributed by atoms with E-state index in [0.717, 1.165) is 22.7 Å². The van der Waals surface area contributed by atoms with E-state index in [2.05, 4.69) is 5.10 Å². The summed E-state index contributed by atoms with van der Waals surface area (Å²) < 4.78 is 6.93. The Morgan fingerprint density at radius 2 is 1.76 bits per heavy atom. The van der Waals surface area contributed by atoms with Gasteiger partial charge in [0.25, 0.3) is 5.56 Å². The Kier molecular flexibility index (Phi) is 3.60. The topological polar surface area (TPSA) is 47.0 Å². The maximum atomic E-state index is 12.1. The minimum absolute atomic E-state index is 0.0852. The Morgan fingerprint density at radius 3 is 2.43 bits per heavy atom. The second-order valence-electron chi connectivity index (χ2n) is 4.64. The highest BCUT2D eigenvalue weighted by Crippen LogP contribution is 2.17. The Labute approximate surface area is 122 Å². The van der Waals surface area contributed by atoms with Crippen molar-refractivity contribution in [1.82, 2.24) is 9.78 Å². The van der Waals surface area contributed by atoms with Crippen LogP contribution >= 0.6 is 0 Å². The number of hydrogen-bond donors (Lipinski definition) is 1. The maximum absolute atomic E-state index is 12.1. The standard InChI is InChI=1S/C17H16N2O2/c1-2-21-15-10-8-14(9-11-15)19-17(20)12-16(18-19)13-6-4-3-5-7-13/h3-12,18H,2H2,1H3. The molecule has 0 spiro atoms. The van der Waals surface area contributed by atoms with E-state index in [9.17, 15) is 4.79 Å². The third-order valence-corrected chi connectivity index (χ3v) is 3.21. The molecule has 3 aromatic rings. The van der Waals surface area contributed by atoms with Crippen molar-refractivity contribution < 1.29 is 4.74 Å². The highest BCUT2D eigenvalue weighted by molar-refractivity contribution is 5.58. The lowest BCUT2D eigenvalue weighted by Crippen LogP contribution is -2.13. The Bertz CT molecular complexity index is 771. The molecule has 3 rings (SSSR count). The van der Waals surface area contributed by atoms with Crippen LogP contribution in [0, 0.1) is 0 Å². The molecule has 4 heteroatoms. The summed E-state index contributed by atoms with van der Waals surface area (Å²) in [4.78, 5) is 12.1. The molecule has 0 saturated carbocycles. The molecule has 1 aromatic heterocycles. The molecule has 0 bridgehead atoms. The summed E-state index contributed by atoms with van der Waals surface area (Å²) in [6.45, 7) is 2.56. The van der Waals surface area contributed by atoms with Crippen LogP contribution in [-0.4, -0.2) is 16.4 Å². The van der Waals surface area contributed by atoms with E-state index in [-0.39, 0.29) is 5.56 Å². The minimum Gasteiger partial charge on any atom is -0.494 e. The van der Waals surface area contributed by atoms with E-state index < -0.39 is 0 Å². The van der Waals surface area contributed by atoms with Gasteiger partial charge >= 0.3 is 0 Å². The van der Waals surface area contributed by atoms with Gasteiger partial charge in [0.2, 0.25) is 0 Å². The zero-order chi connectivity index (χ0) is 14.7. The monoisotopic (exact) mass is 280 g/mol. The summed E-state index contributed by atoms with van der Waals surface area (Å²) in [5.41, 5.74) is 2.48. The predicted molar refractivity (Wildman–Crippen MR) is 83.0 cm³/mol. The van der Waals surface area contributed by atoms with Gasteiger partial charge in [0.05, 0.1) is 18.0 Å². The molecular weight excluding hydrogens is 264 g/mol. The van der Waals surface area contributed by atoms with Crippen molar-refractivity contribution in [1.29, 1.82) is 0 Å². The van der Waals surface area contributed by atoms with E-state index in [1.165, 1.54) is 4.68 Å². The van der Waals surface area contributed by atoms with E-state index in [0.29, 0.717) is 6.61 Å². The first kappa shape index (κ1) is 13.2. The van der Waals surface area contributed by atoms with Crippen LogP contribution in [0.2, 0.25) is 0 Å². The summed E-state index contributed by atoms with van der Waals surface area (Å²) >= 11 is 0. The van der Waals surface area contributed by atoms with Crippen LogP contribution in [0.5, 0.6) is 5.75 Å². The number of H-pyrrole nitrogens is 1. The average Bonchev–Trinajstić information content (AvgIpc) is 2.91. The van der Waals surface area contributed by atoms with Gasteiger partial charge in [-0.05, 0) is 36.8 Å². The molecule has 0 unspecified atom stereocenters. The van der Waals surface area contributed by atoms with E-state index in [1.54, 1.807) is 6.07 Å². The Balaban J connectivity index is 1.96. The summed E-state index contributed by atoms with van der Waals surface area (Å²) in [5, 5.41) is 3.13. The fourth-order valence-electron chi connectivity index (χ4n) is 2.21. The summed E-state index contributed by atoms with van der Waals surface area (Å²) in [5.74, 6) is 0.795. The van der Waals surface area contributed by atoms with Gasteiger partial charge in [-0.2, -0.15) is 0 Å². The van der Waals surface area contributed by atoms with Crippen molar-refractivity contribution >= 4 is 0 Å². The number of aromatic nitrogens is 2. The zero-order valence-electron chi connectivity index (χ0n) is 11.7. The SMILES string of the molecule is CCOc1ccc(-n2[nH]c(-c3ccccc3)cc2=O)cc1. The minimum atomic E-state index is -0.0852. The van der Waals surface area contributed by atoms with Crippen LogP contribution in [0.25, 0.3) is 16.9 Å². The molecule has 106 valence electrons. The molecule has 0 aliphatic carbocycles. The van der Waals surface area contributed by atoms with Crippen molar-refractivity contribution in [2.45, 2.75) is 6.92 Å². The smallest absolute Gasteiger partial charge is 0.271 e. The lowest BCUT2D eigenvalue weighted by atomic mass is 10.2. The largest absolute Gasteiger partial charge is 0.494 e. The molecule has 0 fully saturated rings. The van der Waals surface area contributed by atoms with Crippen LogP contribution in [0.4, 0.5) is 0 Å². The second-order valence-corrected chi connectivity index (χ2v) is 4.64. The molecule has 2 aromatic carbocycles. The molecule has 21 heavy (non-hydrogen) atoms. The Morgan fingerprint density at radius 1 is 1.05 bits per heavy atom. The molecule has 4 nitrogen and oxygen atoms in total. The quantitative estimate of drug-likeness (QED) is 0.797. The fraction of sp³-hybridized carbons (Fsp3) is 0.118. The van der Waals surface area contributed by atoms with Gasteiger partial charge in [-0.15, -0.1) is 0 Å². The molecular formula is C17H16N2O2. The van der Waals surface area contributed by atoms with Gasteiger partial charge in [-0.1, -0.05) is 30.3 Å². The third-order valence-electron chi connectivity index (χ3n) is 3.21. The van der Waals surface area contributed by atoms with E-state index in [1.807, 2.05) is 61.5 Å². The van der Waals surface area contributed by atoms with Crippen LogP contribution in [-0.2, 0) is 0 Å². The van der Waals surface area contributed by atoms with Crippen molar-refractivity contribution in [2.75, 3.05) is 6.61 Å². The Hall–Kier alpha value is -2.75. The molecule has 0 atom stereocenters. The van der Waals surface area contributed by atoms with Gasteiger partial charge in [-0.25, -0.2) is 4.68 Å². The number of nitrogens with zero attached hydrogens (tertiary/aromatic N) is 1. The van der Waals surface area contributed by atoms with Crippen LogP contribution in [0.15, 0.2) is 65.5 Å². The van der Waals surface area contributed by atoms with Crippen LogP contribution in [0.1, 0.15) is 6.92 Å². The van der Waals surface area contributed by atoms with E-state index in [4.69, 9.17) is 4.74 Å². The number of benzene rings is 2. The highest BCUT2D eigenvalue weighted by atomic mass is 16.5. The number of nitrogens with one attached hydrogen (secondary N) is 1. The van der Waals surface area contributed by atoms with Gasteiger partial charge < -0.3 is 4.74 Å². The van der Waals surface area contributed by atoms with Gasteiger partial charge in [0.1, 0.15) is 5.75 Å². The van der Waals surface area contributed by atoms with Crippen molar-refractivity contribution in [3.05, 3.63) is 71.0 Å². The first-order valence-corrected chi connectivity index (χ1v) is 6.88. The number of ether oxygens (including phenoxy) is 1. The van der Waals surface area contributed by atoms with Crippen molar-refractivity contribution in [3.63, 3.8) is 0 Å². The first-order valence-electron chi connectivity index (χ1n) is 6.88. The maximum Gasteiger partial charge on any atom is 0.271 e. The molecule has 0 aliphatic rings. The average molecular weight is 280 g/mol. The summed E-state index contributed by atoms with van der Waals surface area (Å²) in [6.07, 6.45) is 0. The molecule has 0 amide bonds. The molecule has 1 N–H and O–H groups in total. The van der Waals surface area contributed by atoms with Gasteiger partial charge in [0, 0.05) is 6.07 Å². The highest BCUT2D eigenvalue weighted by Gasteiger charge is 2.06. The molecule has 0 aliphatic heterocycles. The molecule has 0 saturated heterocycles.